The molecule has 21 heavy (non-hydrogen) atoms. The van der Waals surface area contributed by atoms with Crippen LogP contribution in [0.3, 0.4) is 0 Å². The summed E-state index contributed by atoms with van der Waals surface area (Å²) in [4.78, 5) is 0. The Bertz CT molecular complexity index is 608. The molecule has 3 heteroatoms. The third kappa shape index (κ3) is 3.56. The molecule has 0 unspecified atom stereocenters. The first-order valence-corrected chi connectivity index (χ1v) is 7.22. The Hall–Kier alpha value is -2.00. The van der Waals surface area contributed by atoms with E-state index in [1.54, 1.807) is 14.2 Å². The van der Waals surface area contributed by atoms with Crippen LogP contribution in [0.2, 0.25) is 0 Å². The third-order valence-corrected chi connectivity index (χ3v) is 3.60. The summed E-state index contributed by atoms with van der Waals surface area (Å²) in [5, 5.41) is 3.39. The lowest BCUT2D eigenvalue weighted by molar-refractivity contribution is 0.414. The topological polar surface area (TPSA) is 30.5 Å². The van der Waals surface area contributed by atoms with Gasteiger partial charge in [0.2, 0.25) is 0 Å². The Labute approximate surface area is 126 Å². The van der Waals surface area contributed by atoms with Gasteiger partial charge >= 0.3 is 0 Å². The zero-order chi connectivity index (χ0) is 15.2. The highest BCUT2D eigenvalue weighted by Crippen LogP contribution is 2.31. The van der Waals surface area contributed by atoms with Crippen LogP contribution in [0.25, 0.3) is 11.1 Å². The van der Waals surface area contributed by atoms with E-state index >= 15 is 0 Å². The van der Waals surface area contributed by atoms with Crippen molar-refractivity contribution < 1.29 is 9.47 Å². The minimum Gasteiger partial charge on any atom is -0.497 e. The molecule has 1 N–H and O–H groups in total. The number of benzene rings is 2. The van der Waals surface area contributed by atoms with E-state index in [1.165, 1.54) is 22.3 Å². The molecule has 0 radical (unpaired) electrons. The lowest BCUT2D eigenvalue weighted by Crippen LogP contribution is -2.12. The first kappa shape index (κ1) is 15.4. The second kappa shape index (κ2) is 7.14. The van der Waals surface area contributed by atoms with Crippen molar-refractivity contribution in [3.8, 4) is 22.6 Å². The fraction of sp³-hybridized carbons (Fsp3) is 0.333. The molecule has 2 rings (SSSR count). The molecule has 2 aromatic carbocycles. The van der Waals surface area contributed by atoms with Crippen LogP contribution in [0.15, 0.2) is 36.4 Å². The summed E-state index contributed by atoms with van der Waals surface area (Å²) in [6.45, 7) is 5.99. The summed E-state index contributed by atoms with van der Waals surface area (Å²) < 4.78 is 10.6. The predicted octanol–water partition coefficient (Wildman–Crippen LogP) is 3.79. The van der Waals surface area contributed by atoms with Gasteiger partial charge in [-0.15, -0.1) is 0 Å². The van der Waals surface area contributed by atoms with Crippen molar-refractivity contribution in [3.05, 3.63) is 47.5 Å². The largest absolute Gasteiger partial charge is 0.497 e. The van der Waals surface area contributed by atoms with Crippen LogP contribution in [-0.4, -0.2) is 20.8 Å². The molecule has 0 fully saturated rings. The summed E-state index contributed by atoms with van der Waals surface area (Å²) >= 11 is 0. The fourth-order valence-corrected chi connectivity index (χ4v) is 2.43. The van der Waals surface area contributed by atoms with E-state index in [1.807, 2.05) is 12.1 Å². The van der Waals surface area contributed by atoms with E-state index in [0.717, 1.165) is 24.6 Å². The standard InChI is InChI=1S/C18H23NO2/c1-5-19-12-14-11-16(21-4)7-9-18(14)17-8-6-15(20-3)10-13(17)2/h6-11,19H,5,12H2,1-4H3. The monoisotopic (exact) mass is 285 g/mol. The lowest BCUT2D eigenvalue weighted by Gasteiger charge is -2.15. The molecule has 2 aromatic rings. The third-order valence-electron chi connectivity index (χ3n) is 3.60. The predicted molar refractivity (Wildman–Crippen MR) is 87.1 cm³/mol. The van der Waals surface area contributed by atoms with Crippen molar-refractivity contribution in [2.24, 2.45) is 0 Å². The van der Waals surface area contributed by atoms with Crippen LogP contribution in [0.1, 0.15) is 18.1 Å². The van der Waals surface area contributed by atoms with Gasteiger partial charge in [-0.2, -0.15) is 0 Å². The van der Waals surface area contributed by atoms with Gasteiger partial charge < -0.3 is 14.8 Å². The molecule has 112 valence electrons. The molecule has 0 aliphatic carbocycles. The van der Waals surface area contributed by atoms with E-state index in [4.69, 9.17) is 9.47 Å². The molecule has 0 saturated carbocycles. The molecule has 0 spiro atoms. The minimum atomic E-state index is 0.828. The van der Waals surface area contributed by atoms with Crippen molar-refractivity contribution in [2.75, 3.05) is 20.8 Å². The molecular formula is C18H23NO2. The summed E-state index contributed by atoms with van der Waals surface area (Å²) in [5.74, 6) is 1.77. The van der Waals surface area contributed by atoms with Crippen LogP contribution in [0.5, 0.6) is 11.5 Å². The smallest absolute Gasteiger partial charge is 0.119 e. The van der Waals surface area contributed by atoms with Gasteiger partial charge in [-0.3, -0.25) is 0 Å². The Morgan fingerprint density at radius 2 is 1.52 bits per heavy atom. The molecule has 0 amide bonds. The Morgan fingerprint density at radius 3 is 2.10 bits per heavy atom. The van der Waals surface area contributed by atoms with Crippen molar-refractivity contribution in [2.45, 2.75) is 20.4 Å². The van der Waals surface area contributed by atoms with Gasteiger partial charge in [0.1, 0.15) is 11.5 Å². The number of methoxy groups -OCH3 is 2. The van der Waals surface area contributed by atoms with Crippen molar-refractivity contribution in [1.82, 2.24) is 5.32 Å². The Kier molecular flexibility index (Phi) is 5.23. The van der Waals surface area contributed by atoms with Gasteiger partial charge in [0.15, 0.2) is 0 Å². The van der Waals surface area contributed by atoms with Gasteiger partial charge in [0, 0.05) is 6.54 Å². The number of rotatable bonds is 6. The van der Waals surface area contributed by atoms with E-state index in [0.29, 0.717) is 0 Å². The van der Waals surface area contributed by atoms with Crippen LogP contribution in [-0.2, 0) is 6.54 Å². The van der Waals surface area contributed by atoms with E-state index < -0.39 is 0 Å². The number of hydrogen-bond donors (Lipinski definition) is 1. The highest BCUT2D eigenvalue weighted by Gasteiger charge is 2.09. The molecule has 0 heterocycles. The first-order chi connectivity index (χ1) is 10.2. The van der Waals surface area contributed by atoms with E-state index in [9.17, 15) is 0 Å². The molecule has 3 nitrogen and oxygen atoms in total. The zero-order valence-electron chi connectivity index (χ0n) is 13.2. The van der Waals surface area contributed by atoms with Crippen LogP contribution in [0.4, 0.5) is 0 Å². The summed E-state index contributed by atoms with van der Waals surface area (Å²) in [7, 11) is 3.39. The second-order valence-electron chi connectivity index (χ2n) is 4.98. The highest BCUT2D eigenvalue weighted by atomic mass is 16.5. The minimum absolute atomic E-state index is 0.828. The van der Waals surface area contributed by atoms with Crippen molar-refractivity contribution in [1.29, 1.82) is 0 Å². The van der Waals surface area contributed by atoms with Gasteiger partial charge in [-0.05, 0) is 60.0 Å². The average Bonchev–Trinajstić information content (AvgIpc) is 2.52. The maximum absolute atomic E-state index is 5.34. The molecule has 0 aliphatic heterocycles. The van der Waals surface area contributed by atoms with E-state index in [2.05, 4.69) is 43.4 Å². The summed E-state index contributed by atoms with van der Waals surface area (Å²) in [6, 6.07) is 12.4. The fourth-order valence-electron chi connectivity index (χ4n) is 2.43. The van der Waals surface area contributed by atoms with Crippen molar-refractivity contribution >= 4 is 0 Å². The summed E-state index contributed by atoms with van der Waals surface area (Å²) in [5.41, 5.74) is 4.91. The highest BCUT2D eigenvalue weighted by molar-refractivity contribution is 5.72. The normalized spacial score (nSPS) is 10.5. The second-order valence-corrected chi connectivity index (χ2v) is 4.98. The average molecular weight is 285 g/mol. The maximum Gasteiger partial charge on any atom is 0.119 e. The molecule has 0 atom stereocenters. The Balaban J connectivity index is 2.46. The molecular weight excluding hydrogens is 262 g/mol. The maximum atomic E-state index is 5.34. The number of aryl methyl sites for hydroxylation is 1. The number of ether oxygens (including phenoxy) is 2. The zero-order valence-corrected chi connectivity index (χ0v) is 13.2. The van der Waals surface area contributed by atoms with Gasteiger partial charge in [0.25, 0.3) is 0 Å². The number of hydrogen-bond acceptors (Lipinski definition) is 3. The Morgan fingerprint density at radius 1 is 0.905 bits per heavy atom. The van der Waals surface area contributed by atoms with E-state index in [-0.39, 0.29) is 0 Å². The van der Waals surface area contributed by atoms with Crippen molar-refractivity contribution in [3.63, 3.8) is 0 Å². The molecule has 0 saturated heterocycles. The van der Waals surface area contributed by atoms with Crippen LogP contribution >= 0.6 is 0 Å². The van der Waals surface area contributed by atoms with Gasteiger partial charge in [-0.25, -0.2) is 0 Å². The summed E-state index contributed by atoms with van der Waals surface area (Å²) in [6.07, 6.45) is 0. The lowest BCUT2D eigenvalue weighted by atomic mass is 9.95. The first-order valence-electron chi connectivity index (χ1n) is 7.22. The SMILES string of the molecule is CCNCc1cc(OC)ccc1-c1ccc(OC)cc1C. The number of nitrogens with one attached hydrogen (secondary N) is 1. The molecule has 0 aromatic heterocycles. The van der Waals surface area contributed by atoms with Crippen LogP contribution < -0.4 is 14.8 Å². The van der Waals surface area contributed by atoms with Gasteiger partial charge in [-0.1, -0.05) is 19.1 Å². The quantitative estimate of drug-likeness (QED) is 0.876. The molecule has 0 aliphatic rings. The van der Waals surface area contributed by atoms with Gasteiger partial charge in [0.05, 0.1) is 14.2 Å². The molecule has 0 bridgehead atoms. The van der Waals surface area contributed by atoms with Crippen LogP contribution in [0, 0.1) is 6.92 Å².